The van der Waals surface area contributed by atoms with Crippen molar-refractivity contribution >= 4 is 31.9 Å². The summed E-state index contributed by atoms with van der Waals surface area (Å²) < 4.78 is 7.27. The summed E-state index contributed by atoms with van der Waals surface area (Å²) in [6.07, 6.45) is 5.58. The fourth-order valence-electron chi connectivity index (χ4n) is 2.90. The lowest BCUT2D eigenvalue weighted by Gasteiger charge is -2.28. The zero-order valence-corrected chi connectivity index (χ0v) is 14.6. The van der Waals surface area contributed by atoms with Crippen LogP contribution >= 0.6 is 31.9 Å². The molecule has 1 aromatic rings. The summed E-state index contributed by atoms with van der Waals surface area (Å²) in [6, 6.07) is 8.41. The summed E-state index contributed by atoms with van der Waals surface area (Å²) in [7, 11) is 0. The largest absolute Gasteiger partial charge is 0.372 e. The topological polar surface area (TPSA) is 9.23 Å². The molecule has 1 aliphatic rings. The third-order valence-corrected chi connectivity index (χ3v) is 5.02. The van der Waals surface area contributed by atoms with Gasteiger partial charge in [-0.05, 0) is 42.4 Å². The Labute approximate surface area is 133 Å². The summed E-state index contributed by atoms with van der Waals surface area (Å²) in [5, 5.41) is 0.853. The van der Waals surface area contributed by atoms with Crippen LogP contribution in [0.1, 0.15) is 44.3 Å². The normalized spacial score (nSPS) is 25.2. The van der Waals surface area contributed by atoms with E-state index in [0.717, 1.165) is 28.2 Å². The van der Waals surface area contributed by atoms with Gasteiger partial charge in [0.05, 0.1) is 12.7 Å². The summed E-state index contributed by atoms with van der Waals surface area (Å²) >= 11 is 7.10. The highest BCUT2D eigenvalue weighted by Gasteiger charge is 2.20. The lowest BCUT2D eigenvalue weighted by Crippen LogP contribution is -2.20. The van der Waals surface area contributed by atoms with Crippen LogP contribution in [0.25, 0.3) is 0 Å². The lowest BCUT2D eigenvalue weighted by molar-refractivity contribution is 0.0280. The van der Waals surface area contributed by atoms with Gasteiger partial charge in [0, 0.05) is 9.80 Å². The molecule has 2 rings (SSSR count). The first-order chi connectivity index (χ1) is 9.19. The maximum Gasteiger partial charge on any atom is 0.0922 e. The monoisotopic (exact) mass is 388 g/mol. The van der Waals surface area contributed by atoms with Crippen molar-refractivity contribution in [1.82, 2.24) is 0 Å². The summed E-state index contributed by atoms with van der Waals surface area (Å²) in [5.74, 6) is 1.62. The third-order valence-electron chi connectivity index (χ3n) is 3.94. The van der Waals surface area contributed by atoms with Crippen LogP contribution in [0, 0.1) is 11.8 Å². The zero-order valence-electron chi connectivity index (χ0n) is 11.4. The van der Waals surface area contributed by atoms with E-state index in [-0.39, 0.29) is 6.10 Å². The lowest BCUT2D eigenvalue weighted by atomic mass is 9.83. The molecule has 3 heteroatoms. The Morgan fingerprint density at radius 2 is 2.21 bits per heavy atom. The molecule has 1 aromatic carbocycles. The fraction of sp³-hybridized carbons (Fsp3) is 0.625. The van der Waals surface area contributed by atoms with Crippen molar-refractivity contribution in [2.75, 3.05) is 11.9 Å². The maximum atomic E-state index is 6.15. The Morgan fingerprint density at radius 3 is 2.89 bits per heavy atom. The fourth-order valence-corrected chi connectivity index (χ4v) is 3.88. The smallest absolute Gasteiger partial charge is 0.0922 e. The number of rotatable bonds is 5. The molecule has 106 valence electrons. The van der Waals surface area contributed by atoms with Crippen LogP contribution in [-0.4, -0.2) is 11.9 Å². The highest BCUT2D eigenvalue weighted by molar-refractivity contribution is 9.10. The maximum absolute atomic E-state index is 6.15. The first kappa shape index (κ1) is 15.5. The minimum Gasteiger partial charge on any atom is -0.372 e. The van der Waals surface area contributed by atoms with E-state index >= 15 is 0 Å². The minimum atomic E-state index is 0.162. The first-order valence-electron chi connectivity index (χ1n) is 7.12. The number of ether oxygens (including phenoxy) is 1. The Bertz CT molecular complexity index is 394. The van der Waals surface area contributed by atoms with Gasteiger partial charge in [-0.2, -0.15) is 0 Å². The second-order valence-electron chi connectivity index (χ2n) is 5.67. The number of alkyl halides is 1. The Balaban J connectivity index is 1.89. The van der Waals surface area contributed by atoms with Gasteiger partial charge in [0.25, 0.3) is 0 Å². The van der Waals surface area contributed by atoms with E-state index in [4.69, 9.17) is 4.74 Å². The zero-order chi connectivity index (χ0) is 13.7. The molecule has 0 radical (unpaired) electrons. The molecule has 0 heterocycles. The molecule has 0 saturated heterocycles. The predicted octanol–water partition coefficient (Wildman–Crippen LogP) is 5.73. The Kier molecular flexibility index (Phi) is 6.37. The molecule has 1 saturated carbocycles. The van der Waals surface area contributed by atoms with Gasteiger partial charge in [0.1, 0.15) is 0 Å². The molecule has 19 heavy (non-hydrogen) atoms. The van der Waals surface area contributed by atoms with E-state index in [9.17, 15) is 0 Å². The average molecular weight is 390 g/mol. The van der Waals surface area contributed by atoms with Gasteiger partial charge in [-0.1, -0.05) is 63.8 Å². The highest BCUT2D eigenvalue weighted by atomic mass is 79.9. The Hall–Kier alpha value is 0.140. The Morgan fingerprint density at radius 1 is 1.37 bits per heavy atom. The van der Waals surface area contributed by atoms with E-state index in [1.54, 1.807) is 0 Å². The van der Waals surface area contributed by atoms with Crippen molar-refractivity contribution in [2.24, 2.45) is 11.8 Å². The molecule has 0 N–H and O–H groups in total. The van der Waals surface area contributed by atoms with Crippen LogP contribution in [0.4, 0.5) is 0 Å². The van der Waals surface area contributed by atoms with Crippen molar-refractivity contribution in [3.63, 3.8) is 0 Å². The molecular formula is C16H22Br2O. The first-order valence-corrected chi connectivity index (χ1v) is 9.03. The second-order valence-corrected chi connectivity index (χ2v) is 7.23. The number of halogens is 2. The van der Waals surface area contributed by atoms with Gasteiger partial charge in [-0.25, -0.2) is 0 Å². The molecule has 1 aliphatic carbocycles. The summed E-state index contributed by atoms with van der Waals surface area (Å²) in [5.41, 5.74) is 1.25. The quantitative estimate of drug-likeness (QED) is 0.584. The summed E-state index contributed by atoms with van der Waals surface area (Å²) in [6.45, 7) is 3.26. The van der Waals surface area contributed by atoms with E-state index < -0.39 is 0 Å². The predicted molar refractivity (Wildman–Crippen MR) is 87.8 cm³/mol. The van der Waals surface area contributed by atoms with Gasteiger partial charge in [-0.15, -0.1) is 0 Å². The van der Waals surface area contributed by atoms with Gasteiger partial charge in [0.15, 0.2) is 0 Å². The summed E-state index contributed by atoms with van der Waals surface area (Å²) in [4.78, 5) is 0. The molecule has 0 amide bonds. The SMILES string of the molecule is CC1CCCC(COC(CBr)c2cccc(Br)c2)C1. The van der Waals surface area contributed by atoms with Gasteiger partial charge < -0.3 is 4.74 Å². The van der Waals surface area contributed by atoms with Crippen molar-refractivity contribution in [3.05, 3.63) is 34.3 Å². The second kappa shape index (κ2) is 7.80. The molecule has 0 aliphatic heterocycles. The molecule has 1 nitrogen and oxygen atoms in total. The van der Waals surface area contributed by atoms with Crippen LogP contribution in [0.15, 0.2) is 28.7 Å². The standard InChI is InChI=1S/C16H22Br2O/c1-12-4-2-5-13(8-12)11-19-16(10-17)14-6-3-7-15(18)9-14/h3,6-7,9,12-13,16H,2,4-5,8,10-11H2,1H3. The molecule has 0 spiro atoms. The van der Waals surface area contributed by atoms with Crippen LogP contribution in [-0.2, 0) is 4.74 Å². The van der Waals surface area contributed by atoms with Crippen LogP contribution < -0.4 is 0 Å². The van der Waals surface area contributed by atoms with Crippen LogP contribution in [0.3, 0.4) is 0 Å². The van der Waals surface area contributed by atoms with E-state index in [0.29, 0.717) is 0 Å². The molecular weight excluding hydrogens is 368 g/mol. The van der Waals surface area contributed by atoms with E-state index in [1.807, 2.05) is 0 Å². The number of hydrogen-bond donors (Lipinski definition) is 0. The van der Waals surface area contributed by atoms with E-state index in [1.165, 1.54) is 31.2 Å². The van der Waals surface area contributed by atoms with Crippen molar-refractivity contribution < 1.29 is 4.74 Å². The molecule has 0 aromatic heterocycles. The van der Waals surface area contributed by atoms with Gasteiger partial charge >= 0.3 is 0 Å². The molecule has 0 bridgehead atoms. The van der Waals surface area contributed by atoms with Crippen LogP contribution in [0.2, 0.25) is 0 Å². The van der Waals surface area contributed by atoms with Crippen LogP contribution in [0.5, 0.6) is 0 Å². The average Bonchev–Trinajstić information content (AvgIpc) is 2.40. The van der Waals surface area contributed by atoms with Crippen molar-refractivity contribution in [2.45, 2.75) is 38.7 Å². The number of benzene rings is 1. The van der Waals surface area contributed by atoms with Crippen molar-refractivity contribution in [1.29, 1.82) is 0 Å². The molecule has 3 atom stereocenters. The highest BCUT2D eigenvalue weighted by Crippen LogP contribution is 2.31. The van der Waals surface area contributed by atoms with Crippen molar-refractivity contribution in [3.8, 4) is 0 Å². The molecule has 3 unspecified atom stereocenters. The van der Waals surface area contributed by atoms with Gasteiger partial charge in [0.2, 0.25) is 0 Å². The van der Waals surface area contributed by atoms with E-state index in [2.05, 4.69) is 63.0 Å². The third kappa shape index (κ3) is 4.87. The molecule has 1 fully saturated rings. The van der Waals surface area contributed by atoms with Gasteiger partial charge in [-0.3, -0.25) is 0 Å². The number of hydrogen-bond acceptors (Lipinski definition) is 1. The minimum absolute atomic E-state index is 0.162.